The van der Waals surface area contributed by atoms with Gasteiger partial charge in [-0.2, -0.15) is 0 Å². The van der Waals surface area contributed by atoms with Gasteiger partial charge in [0.2, 0.25) is 10.0 Å². The quantitative estimate of drug-likeness (QED) is 0.674. The number of carbonyl (C=O) groups is 2. The highest BCUT2D eigenvalue weighted by atomic mass is 35.5. The van der Waals surface area contributed by atoms with Gasteiger partial charge in [0.15, 0.2) is 0 Å². The lowest BCUT2D eigenvalue weighted by molar-refractivity contribution is 0.0845. The van der Waals surface area contributed by atoms with E-state index in [9.17, 15) is 23.1 Å². The fourth-order valence-corrected chi connectivity index (χ4v) is 3.10. The molecule has 0 fully saturated rings. The molecule has 2 amide bonds. The van der Waals surface area contributed by atoms with Crippen LogP contribution >= 0.6 is 11.6 Å². The minimum atomic E-state index is -3.76. The molecule has 0 bridgehead atoms. The van der Waals surface area contributed by atoms with E-state index in [0.717, 1.165) is 10.4 Å². The van der Waals surface area contributed by atoms with E-state index in [2.05, 4.69) is 10.9 Å². The number of hydrogen-bond donors (Lipinski definition) is 3. The molecular weight excluding hydrogens is 382 g/mol. The van der Waals surface area contributed by atoms with E-state index in [-0.39, 0.29) is 26.8 Å². The van der Waals surface area contributed by atoms with Gasteiger partial charge in [-0.1, -0.05) is 23.7 Å². The molecule has 8 nitrogen and oxygen atoms in total. The summed E-state index contributed by atoms with van der Waals surface area (Å²) in [5, 5.41) is 9.63. The van der Waals surface area contributed by atoms with Crippen molar-refractivity contribution in [2.45, 2.75) is 4.90 Å². The van der Waals surface area contributed by atoms with E-state index in [4.69, 9.17) is 11.6 Å². The van der Waals surface area contributed by atoms with Gasteiger partial charge in [0.1, 0.15) is 5.75 Å². The molecule has 0 heterocycles. The summed E-state index contributed by atoms with van der Waals surface area (Å²) < 4.78 is 25.3. The van der Waals surface area contributed by atoms with Crippen molar-refractivity contribution in [1.82, 2.24) is 15.2 Å². The number of nitrogens with one attached hydrogen (secondary N) is 2. The zero-order valence-corrected chi connectivity index (χ0v) is 15.4. The Kier molecular flexibility index (Phi) is 5.86. The predicted molar refractivity (Wildman–Crippen MR) is 95.4 cm³/mol. The van der Waals surface area contributed by atoms with E-state index in [0.29, 0.717) is 0 Å². The SMILES string of the molecule is CN(C)S(=O)(=O)c1ccc(Cl)c(C(=O)NNC(=O)c2ccccc2O)c1. The third-order valence-electron chi connectivity index (χ3n) is 3.40. The summed E-state index contributed by atoms with van der Waals surface area (Å²) in [5.41, 5.74) is 4.09. The Labute approximate surface area is 155 Å². The topological polar surface area (TPSA) is 116 Å². The maximum absolute atomic E-state index is 12.3. The highest BCUT2D eigenvalue weighted by molar-refractivity contribution is 7.89. The molecule has 0 aromatic heterocycles. The second-order valence-corrected chi connectivity index (χ2v) is 7.91. The number of rotatable bonds is 4. The number of halogens is 1. The number of phenolic OH excluding ortho intramolecular Hbond substituents is 1. The van der Waals surface area contributed by atoms with Gasteiger partial charge in [0.25, 0.3) is 11.8 Å². The molecule has 0 spiro atoms. The number of aromatic hydroxyl groups is 1. The van der Waals surface area contributed by atoms with Crippen LogP contribution in [0.2, 0.25) is 5.02 Å². The molecule has 0 radical (unpaired) electrons. The fraction of sp³-hybridized carbons (Fsp3) is 0.125. The molecule has 0 aliphatic heterocycles. The molecule has 10 heteroatoms. The molecule has 0 aliphatic rings. The van der Waals surface area contributed by atoms with Crippen LogP contribution < -0.4 is 10.9 Å². The number of sulfonamides is 1. The summed E-state index contributed by atoms with van der Waals surface area (Å²) in [4.78, 5) is 24.1. The maximum Gasteiger partial charge on any atom is 0.273 e. The number of nitrogens with zero attached hydrogens (tertiary/aromatic N) is 1. The molecule has 2 rings (SSSR count). The van der Waals surface area contributed by atoms with Gasteiger partial charge in [0.05, 0.1) is 21.0 Å². The average Bonchev–Trinajstić information content (AvgIpc) is 2.59. The number of carbonyl (C=O) groups excluding carboxylic acids is 2. The minimum Gasteiger partial charge on any atom is -0.507 e. The fourth-order valence-electron chi connectivity index (χ4n) is 1.96. The second-order valence-electron chi connectivity index (χ2n) is 5.35. The van der Waals surface area contributed by atoms with Crippen LogP contribution in [0, 0.1) is 0 Å². The van der Waals surface area contributed by atoms with Gasteiger partial charge in [-0.15, -0.1) is 0 Å². The molecule has 2 aromatic rings. The number of benzene rings is 2. The first kappa shape index (κ1) is 19.7. The second kappa shape index (κ2) is 7.73. The summed E-state index contributed by atoms with van der Waals surface area (Å²) in [6, 6.07) is 9.44. The van der Waals surface area contributed by atoms with Crippen molar-refractivity contribution in [2.24, 2.45) is 0 Å². The predicted octanol–water partition coefficient (Wildman–Crippen LogP) is 1.37. The van der Waals surface area contributed by atoms with Crippen molar-refractivity contribution < 1.29 is 23.1 Å². The first-order valence-electron chi connectivity index (χ1n) is 7.25. The van der Waals surface area contributed by atoms with Gasteiger partial charge < -0.3 is 5.11 Å². The van der Waals surface area contributed by atoms with Crippen molar-refractivity contribution in [1.29, 1.82) is 0 Å². The number of hydrogen-bond acceptors (Lipinski definition) is 5. The van der Waals surface area contributed by atoms with Gasteiger partial charge in [-0.05, 0) is 30.3 Å². The highest BCUT2D eigenvalue weighted by Crippen LogP contribution is 2.22. The monoisotopic (exact) mass is 397 g/mol. The zero-order valence-electron chi connectivity index (χ0n) is 13.9. The molecule has 0 aliphatic carbocycles. The van der Waals surface area contributed by atoms with Crippen LogP contribution in [0.25, 0.3) is 0 Å². The molecule has 138 valence electrons. The Morgan fingerprint density at radius 1 is 1.00 bits per heavy atom. The van der Waals surface area contributed by atoms with Crippen molar-refractivity contribution in [3.63, 3.8) is 0 Å². The third-order valence-corrected chi connectivity index (χ3v) is 5.54. The van der Waals surface area contributed by atoms with Crippen LogP contribution in [0.1, 0.15) is 20.7 Å². The van der Waals surface area contributed by atoms with Crippen molar-refractivity contribution in [3.8, 4) is 5.75 Å². The standard InChI is InChI=1S/C16H16ClN3O5S/c1-20(2)26(24,25)10-7-8-13(17)12(9-10)16(23)19-18-15(22)11-5-3-4-6-14(11)21/h3-9,21H,1-2H3,(H,18,22)(H,19,23). The minimum absolute atomic E-state index is 0.0111. The van der Waals surface area contributed by atoms with Crippen LogP contribution in [0.15, 0.2) is 47.4 Å². The lowest BCUT2D eigenvalue weighted by Gasteiger charge is -2.13. The Morgan fingerprint density at radius 2 is 1.58 bits per heavy atom. The largest absolute Gasteiger partial charge is 0.507 e. The maximum atomic E-state index is 12.3. The summed E-state index contributed by atoms with van der Waals surface area (Å²) in [6.07, 6.45) is 0. The van der Waals surface area contributed by atoms with Gasteiger partial charge in [-0.3, -0.25) is 20.4 Å². The van der Waals surface area contributed by atoms with Crippen LogP contribution in [-0.2, 0) is 10.0 Å². The van der Waals surface area contributed by atoms with Crippen molar-refractivity contribution >= 4 is 33.4 Å². The first-order chi connectivity index (χ1) is 12.1. The van der Waals surface area contributed by atoms with Crippen molar-refractivity contribution in [2.75, 3.05) is 14.1 Å². The molecule has 26 heavy (non-hydrogen) atoms. The normalized spacial score (nSPS) is 11.2. The van der Waals surface area contributed by atoms with Crippen LogP contribution in [0.5, 0.6) is 5.75 Å². The van der Waals surface area contributed by atoms with E-state index in [1.54, 1.807) is 12.1 Å². The molecular formula is C16H16ClN3O5S. The Balaban J connectivity index is 2.20. The Hall–Kier alpha value is -2.62. The van der Waals surface area contributed by atoms with Gasteiger partial charge in [0, 0.05) is 14.1 Å². The summed E-state index contributed by atoms with van der Waals surface area (Å²) in [7, 11) is -1.04. The number of amides is 2. The van der Waals surface area contributed by atoms with E-state index in [1.165, 1.54) is 38.4 Å². The number of para-hydroxylation sites is 1. The van der Waals surface area contributed by atoms with Crippen LogP contribution in [-0.4, -0.2) is 43.7 Å². The van der Waals surface area contributed by atoms with E-state index < -0.39 is 21.8 Å². The van der Waals surface area contributed by atoms with E-state index >= 15 is 0 Å². The van der Waals surface area contributed by atoms with Gasteiger partial charge >= 0.3 is 0 Å². The zero-order chi connectivity index (χ0) is 19.5. The number of hydrazine groups is 1. The molecule has 0 saturated heterocycles. The summed E-state index contributed by atoms with van der Waals surface area (Å²) in [6.45, 7) is 0. The molecule has 0 unspecified atom stereocenters. The van der Waals surface area contributed by atoms with E-state index in [1.807, 2.05) is 0 Å². The van der Waals surface area contributed by atoms with Crippen LogP contribution in [0.4, 0.5) is 0 Å². The third kappa shape index (κ3) is 4.13. The van der Waals surface area contributed by atoms with Crippen molar-refractivity contribution in [3.05, 3.63) is 58.6 Å². The van der Waals surface area contributed by atoms with Gasteiger partial charge in [-0.25, -0.2) is 12.7 Å². The van der Waals surface area contributed by atoms with Crippen LogP contribution in [0.3, 0.4) is 0 Å². The summed E-state index contributed by atoms with van der Waals surface area (Å²) in [5.74, 6) is -1.81. The smallest absolute Gasteiger partial charge is 0.273 e. The molecule has 0 saturated carbocycles. The molecule has 2 aromatic carbocycles. The molecule has 3 N–H and O–H groups in total. The molecule has 0 atom stereocenters. The average molecular weight is 398 g/mol. The highest BCUT2D eigenvalue weighted by Gasteiger charge is 2.21. The Morgan fingerprint density at radius 3 is 2.15 bits per heavy atom. The summed E-state index contributed by atoms with van der Waals surface area (Å²) >= 11 is 5.96. The first-order valence-corrected chi connectivity index (χ1v) is 9.07. The Bertz CT molecular complexity index is 960. The lowest BCUT2D eigenvalue weighted by Crippen LogP contribution is -2.41. The lowest BCUT2D eigenvalue weighted by atomic mass is 10.2. The number of phenols is 1.